The molecule has 1 aliphatic heterocycles. The number of rotatable bonds is 3. The van der Waals surface area contributed by atoms with Gasteiger partial charge < -0.3 is 4.90 Å². The van der Waals surface area contributed by atoms with Gasteiger partial charge in [0.15, 0.2) is 5.78 Å². The predicted octanol–water partition coefficient (Wildman–Crippen LogP) is 2.64. The summed E-state index contributed by atoms with van der Waals surface area (Å²) in [6.07, 6.45) is 6.88. The van der Waals surface area contributed by atoms with E-state index in [1.54, 1.807) is 0 Å². The second kappa shape index (κ2) is 5.13. The molecule has 2 fully saturated rings. The number of hydrogen-bond acceptors (Lipinski definition) is 2. The van der Waals surface area contributed by atoms with Crippen LogP contribution in [-0.4, -0.2) is 30.3 Å². The van der Waals surface area contributed by atoms with Gasteiger partial charge in [0.25, 0.3) is 0 Å². The van der Waals surface area contributed by atoms with Crippen molar-refractivity contribution in [2.75, 3.05) is 19.6 Å². The monoisotopic (exact) mass is 221 g/mol. The van der Waals surface area contributed by atoms with E-state index in [-0.39, 0.29) is 0 Å². The van der Waals surface area contributed by atoms with Crippen LogP contribution in [0, 0.1) is 11.8 Å². The molecule has 1 saturated carbocycles. The van der Waals surface area contributed by atoms with Crippen LogP contribution >= 0.6 is 0 Å². The molecule has 16 heavy (non-hydrogen) atoms. The Bertz CT molecular complexity index is 287. The Morgan fingerprint density at radius 3 is 2.69 bits per heavy atom. The van der Waals surface area contributed by atoms with Crippen molar-refractivity contribution in [2.45, 2.75) is 39.5 Å². The third-order valence-corrected chi connectivity index (χ3v) is 3.66. The molecule has 0 aromatic heterocycles. The number of allylic oxidation sites excluding steroid dienone is 2. The quantitative estimate of drug-likeness (QED) is 0.683. The molecule has 0 radical (unpaired) electrons. The number of hydrogen-bond donors (Lipinski definition) is 0. The Balaban J connectivity index is 1.91. The van der Waals surface area contributed by atoms with Crippen LogP contribution in [0.15, 0.2) is 11.6 Å². The van der Waals surface area contributed by atoms with E-state index in [4.69, 9.17) is 0 Å². The van der Waals surface area contributed by atoms with Crippen LogP contribution in [-0.2, 0) is 4.79 Å². The van der Waals surface area contributed by atoms with Crippen LogP contribution in [0.25, 0.3) is 0 Å². The smallest absolute Gasteiger partial charge is 0.162 e. The van der Waals surface area contributed by atoms with Crippen molar-refractivity contribution in [1.29, 1.82) is 0 Å². The van der Waals surface area contributed by atoms with E-state index in [2.05, 4.69) is 24.8 Å². The Kier molecular flexibility index (Phi) is 3.80. The summed E-state index contributed by atoms with van der Waals surface area (Å²) in [6.45, 7) is 7.70. The highest BCUT2D eigenvalue weighted by Crippen LogP contribution is 2.29. The molecule has 2 nitrogen and oxygen atoms in total. The van der Waals surface area contributed by atoms with E-state index in [0.29, 0.717) is 17.6 Å². The fourth-order valence-electron chi connectivity index (χ4n) is 2.87. The summed E-state index contributed by atoms with van der Waals surface area (Å²) in [6, 6.07) is 0. The molecule has 0 amide bonds. The molecular formula is C14H23NO. The molecular weight excluding hydrogens is 198 g/mol. The zero-order valence-corrected chi connectivity index (χ0v) is 10.5. The van der Waals surface area contributed by atoms with Gasteiger partial charge in [-0.05, 0) is 50.3 Å². The van der Waals surface area contributed by atoms with E-state index in [1.807, 2.05) is 0 Å². The van der Waals surface area contributed by atoms with Crippen LogP contribution in [0.3, 0.4) is 0 Å². The van der Waals surface area contributed by atoms with Gasteiger partial charge >= 0.3 is 0 Å². The summed E-state index contributed by atoms with van der Waals surface area (Å²) >= 11 is 0. The molecule has 1 saturated heterocycles. The standard InChI is InChI=1S/C14H23NO/c1-11(2)9-12-5-6-13(14(12)16)10-15-7-3-4-8-15/h9,11,13H,3-8,10H2,1-2H3. The first-order valence-corrected chi connectivity index (χ1v) is 6.64. The molecule has 1 aliphatic carbocycles. The van der Waals surface area contributed by atoms with E-state index in [0.717, 1.165) is 25.0 Å². The van der Waals surface area contributed by atoms with Gasteiger partial charge in [-0.1, -0.05) is 19.9 Å². The van der Waals surface area contributed by atoms with Gasteiger partial charge in [0.2, 0.25) is 0 Å². The molecule has 0 aromatic carbocycles. The third kappa shape index (κ3) is 2.73. The van der Waals surface area contributed by atoms with Gasteiger partial charge in [-0.25, -0.2) is 0 Å². The average Bonchev–Trinajstić information content (AvgIpc) is 2.82. The van der Waals surface area contributed by atoms with Crippen molar-refractivity contribution in [3.8, 4) is 0 Å². The predicted molar refractivity (Wildman–Crippen MR) is 66.3 cm³/mol. The zero-order valence-electron chi connectivity index (χ0n) is 10.5. The molecule has 1 heterocycles. The molecule has 2 rings (SSSR count). The Morgan fingerprint density at radius 2 is 2.06 bits per heavy atom. The molecule has 0 N–H and O–H groups in total. The molecule has 0 aromatic rings. The van der Waals surface area contributed by atoms with Crippen molar-refractivity contribution >= 4 is 5.78 Å². The summed E-state index contributed by atoms with van der Waals surface area (Å²) in [7, 11) is 0. The SMILES string of the molecule is CC(C)C=C1CCC(CN2CCCC2)C1=O. The summed E-state index contributed by atoms with van der Waals surface area (Å²) in [5.74, 6) is 1.23. The van der Waals surface area contributed by atoms with Crippen molar-refractivity contribution < 1.29 is 4.79 Å². The van der Waals surface area contributed by atoms with Crippen molar-refractivity contribution in [1.82, 2.24) is 4.90 Å². The van der Waals surface area contributed by atoms with Crippen LogP contribution < -0.4 is 0 Å². The lowest BCUT2D eigenvalue weighted by Gasteiger charge is -2.18. The Hall–Kier alpha value is -0.630. The Morgan fingerprint density at radius 1 is 1.38 bits per heavy atom. The first kappa shape index (κ1) is 11.8. The summed E-state index contributed by atoms with van der Waals surface area (Å²) in [4.78, 5) is 14.6. The number of Topliss-reactive ketones (excluding diaryl/α,β-unsaturated/α-hetero) is 1. The third-order valence-electron chi connectivity index (χ3n) is 3.66. The second-order valence-electron chi connectivity index (χ2n) is 5.54. The van der Waals surface area contributed by atoms with Gasteiger partial charge in [-0.15, -0.1) is 0 Å². The largest absolute Gasteiger partial charge is 0.303 e. The second-order valence-corrected chi connectivity index (χ2v) is 5.54. The Labute approximate surface area is 98.7 Å². The summed E-state index contributed by atoms with van der Waals surface area (Å²) in [5, 5.41) is 0. The molecule has 2 aliphatic rings. The van der Waals surface area contributed by atoms with Crippen molar-refractivity contribution in [2.24, 2.45) is 11.8 Å². The minimum Gasteiger partial charge on any atom is -0.303 e. The highest BCUT2D eigenvalue weighted by molar-refractivity contribution is 5.99. The maximum Gasteiger partial charge on any atom is 0.162 e. The molecule has 90 valence electrons. The van der Waals surface area contributed by atoms with E-state index in [1.165, 1.54) is 25.9 Å². The number of nitrogens with zero attached hydrogens (tertiary/aromatic N) is 1. The summed E-state index contributed by atoms with van der Waals surface area (Å²) < 4.78 is 0. The topological polar surface area (TPSA) is 20.3 Å². The zero-order chi connectivity index (χ0) is 11.5. The van der Waals surface area contributed by atoms with Crippen LogP contribution in [0.2, 0.25) is 0 Å². The number of carbonyl (C=O) groups is 1. The molecule has 2 heteroatoms. The normalized spacial score (nSPS) is 29.8. The van der Waals surface area contributed by atoms with E-state index < -0.39 is 0 Å². The number of likely N-dealkylation sites (tertiary alicyclic amines) is 1. The maximum atomic E-state index is 12.1. The molecule has 0 spiro atoms. The maximum absolute atomic E-state index is 12.1. The molecule has 1 unspecified atom stereocenters. The van der Waals surface area contributed by atoms with Gasteiger partial charge in [-0.2, -0.15) is 0 Å². The molecule has 0 bridgehead atoms. The summed E-state index contributed by atoms with van der Waals surface area (Å²) in [5.41, 5.74) is 1.10. The van der Waals surface area contributed by atoms with Crippen molar-refractivity contribution in [3.63, 3.8) is 0 Å². The molecule has 1 atom stereocenters. The van der Waals surface area contributed by atoms with Crippen molar-refractivity contribution in [3.05, 3.63) is 11.6 Å². The van der Waals surface area contributed by atoms with Crippen LogP contribution in [0.1, 0.15) is 39.5 Å². The fourth-order valence-corrected chi connectivity index (χ4v) is 2.87. The minimum absolute atomic E-state index is 0.295. The highest BCUT2D eigenvalue weighted by atomic mass is 16.1. The van der Waals surface area contributed by atoms with Crippen LogP contribution in [0.4, 0.5) is 0 Å². The fraction of sp³-hybridized carbons (Fsp3) is 0.786. The minimum atomic E-state index is 0.295. The first-order valence-electron chi connectivity index (χ1n) is 6.64. The van der Waals surface area contributed by atoms with E-state index >= 15 is 0 Å². The highest BCUT2D eigenvalue weighted by Gasteiger charge is 2.31. The van der Waals surface area contributed by atoms with Gasteiger partial charge in [0.1, 0.15) is 0 Å². The lowest BCUT2D eigenvalue weighted by atomic mass is 10.0. The van der Waals surface area contributed by atoms with Gasteiger partial charge in [0.05, 0.1) is 0 Å². The van der Waals surface area contributed by atoms with Gasteiger partial charge in [-0.3, -0.25) is 4.79 Å². The van der Waals surface area contributed by atoms with Gasteiger partial charge in [0, 0.05) is 12.5 Å². The first-order chi connectivity index (χ1) is 7.66. The van der Waals surface area contributed by atoms with E-state index in [9.17, 15) is 4.79 Å². The average molecular weight is 221 g/mol. The lowest BCUT2D eigenvalue weighted by molar-refractivity contribution is -0.118. The number of ketones is 1. The van der Waals surface area contributed by atoms with Crippen LogP contribution in [0.5, 0.6) is 0 Å². The lowest BCUT2D eigenvalue weighted by Crippen LogP contribution is -2.28. The number of carbonyl (C=O) groups excluding carboxylic acids is 1.